The molecule has 0 unspecified atom stereocenters. The lowest BCUT2D eigenvalue weighted by Gasteiger charge is -2.08. The molecule has 94 valence electrons. The molecule has 0 aliphatic carbocycles. The number of nitrogens with two attached hydrogens (primary N) is 1. The highest BCUT2D eigenvalue weighted by Crippen LogP contribution is 2.32. The predicted octanol–water partition coefficient (Wildman–Crippen LogP) is 3.79. The number of hydrogen-bond acceptors (Lipinski definition) is 3. The number of ether oxygens (including phenoxy) is 1. The molecule has 2 aromatic rings. The summed E-state index contributed by atoms with van der Waals surface area (Å²) in [6, 6.07) is 5.77. The van der Waals surface area contributed by atoms with Gasteiger partial charge in [-0.15, -0.1) is 0 Å². The van der Waals surface area contributed by atoms with Gasteiger partial charge in [-0.05, 0) is 24.3 Å². The van der Waals surface area contributed by atoms with Crippen LogP contribution in [0.2, 0.25) is 10.2 Å². The molecule has 0 atom stereocenters. The number of methoxy groups -OCH3 is 1. The molecule has 0 bridgehead atoms. The monoisotopic (exact) mass is 286 g/mol. The zero-order valence-electron chi connectivity index (χ0n) is 9.38. The van der Waals surface area contributed by atoms with E-state index in [0.717, 1.165) is 0 Å². The van der Waals surface area contributed by atoms with Gasteiger partial charge in [-0.25, -0.2) is 9.37 Å². The average Bonchev–Trinajstić information content (AvgIpc) is 2.36. The minimum atomic E-state index is -0.444. The molecule has 0 saturated heterocycles. The van der Waals surface area contributed by atoms with Gasteiger partial charge in [0.25, 0.3) is 0 Å². The van der Waals surface area contributed by atoms with E-state index < -0.39 is 5.82 Å². The number of aromatic nitrogens is 1. The largest absolute Gasteiger partial charge is 0.497 e. The molecule has 0 aliphatic heterocycles. The van der Waals surface area contributed by atoms with Crippen molar-refractivity contribution in [1.82, 2.24) is 4.98 Å². The number of hydrogen-bond donors (Lipinski definition) is 1. The van der Waals surface area contributed by atoms with Gasteiger partial charge in [0.15, 0.2) is 5.15 Å². The van der Waals surface area contributed by atoms with Crippen LogP contribution >= 0.6 is 23.2 Å². The lowest BCUT2D eigenvalue weighted by atomic mass is 10.1. The van der Waals surface area contributed by atoms with Crippen molar-refractivity contribution < 1.29 is 9.13 Å². The number of benzene rings is 1. The number of halogens is 3. The Hall–Kier alpha value is -1.52. The highest BCUT2D eigenvalue weighted by Gasteiger charge is 2.12. The third-order valence-electron chi connectivity index (χ3n) is 2.41. The molecule has 2 N–H and O–H groups in total. The van der Waals surface area contributed by atoms with Crippen LogP contribution in [0.3, 0.4) is 0 Å². The van der Waals surface area contributed by atoms with Crippen LogP contribution in [-0.2, 0) is 0 Å². The predicted molar refractivity (Wildman–Crippen MR) is 70.6 cm³/mol. The molecular formula is C12H9Cl2FN2O. The first kappa shape index (κ1) is 12.9. The fourth-order valence-electron chi connectivity index (χ4n) is 1.46. The Kier molecular flexibility index (Phi) is 3.59. The van der Waals surface area contributed by atoms with Crippen LogP contribution in [0.1, 0.15) is 0 Å². The molecule has 0 fully saturated rings. The van der Waals surface area contributed by atoms with Crippen molar-refractivity contribution in [2.45, 2.75) is 0 Å². The third kappa shape index (κ3) is 2.35. The van der Waals surface area contributed by atoms with Crippen molar-refractivity contribution in [2.75, 3.05) is 12.8 Å². The van der Waals surface area contributed by atoms with Crippen LogP contribution in [0.15, 0.2) is 24.3 Å². The quantitative estimate of drug-likeness (QED) is 0.855. The molecule has 1 heterocycles. The van der Waals surface area contributed by atoms with Crippen LogP contribution in [0.5, 0.6) is 5.75 Å². The minimum Gasteiger partial charge on any atom is -0.497 e. The van der Waals surface area contributed by atoms with Gasteiger partial charge in [-0.2, -0.15) is 0 Å². The van der Waals surface area contributed by atoms with Crippen LogP contribution in [-0.4, -0.2) is 12.1 Å². The lowest BCUT2D eigenvalue weighted by Crippen LogP contribution is -1.95. The summed E-state index contributed by atoms with van der Waals surface area (Å²) < 4.78 is 18.8. The summed E-state index contributed by atoms with van der Waals surface area (Å²) in [5.74, 6) is 0.0671. The Morgan fingerprint density at radius 1 is 1.28 bits per heavy atom. The van der Waals surface area contributed by atoms with Gasteiger partial charge >= 0.3 is 0 Å². The number of pyridine rings is 1. The van der Waals surface area contributed by atoms with Gasteiger partial charge in [-0.3, -0.25) is 0 Å². The lowest BCUT2D eigenvalue weighted by molar-refractivity contribution is 0.414. The number of rotatable bonds is 2. The molecule has 18 heavy (non-hydrogen) atoms. The van der Waals surface area contributed by atoms with Crippen molar-refractivity contribution in [2.24, 2.45) is 0 Å². The smallest absolute Gasteiger partial charge is 0.154 e. The van der Waals surface area contributed by atoms with Gasteiger partial charge in [-0.1, -0.05) is 23.2 Å². The van der Waals surface area contributed by atoms with E-state index in [1.54, 1.807) is 0 Å². The van der Waals surface area contributed by atoms with E-state index in [0.29, 0.717) is 11.4 Å². The first-order valence-corrected chi connectivity index (χ1v) is 5.74. The summed E-state index contributed by atoms with van der Waals surface area (Å²) >= 11 is 11.7. The Balaban J connectivity index is 2.61. The van der Waals surface area contributed by atoms with E-state index in [1.165, 1.54) is 31.4 Å². The minimum absolute atomic E-state index is 0.0414. The van der Waals surface area contributed by atoms with Gasteiger partial charge in [0.2, 0.25) is 0 Å². The molecular weight excluding hydrogens is 278 g/mol. The second-order valence-corrected chi connectivity index (χ2v) is 4.30. The molecule has 3 nitrogen and oxygen atoms in total. The maximum absolute atomic E-state index is 13.7. The van der Waals surface area contributed by atoms with Gasteiger partial charge in [0, 0.05) is 5.56 Å². The van der Waals surface area contributed by atoms with E-state index in [9.17, 15) is 4.39 Å². The van der Waals surface area contributed by atoms with Gasteiger partial charge in [0.05, 0.1) is 23.5 Å². The number of nitrogen functional groups attached to an aromatic ring is 1. The molecule has 0 spiro atoms. The second-order valence-electron chi connectivity index (χ2n) is 3.54. The fourth-order valence-corrected chi connectivity index (χ4v) is 1.89. The molecule has 0 radical (unpaired) electrons. The molecule has 1 aromatic heterocycles. The van der Waals surface area contributed by atoms with Crippen LogP contribution < -0.4 is 10.5 Å². The van der Waals surface area contributed by atoms with E-state index in [4.69, 9.17) is 33.7 Å². The van der Waals surface area contributed by atoms with Crippen molar-refractivity contribution in [3.8, 4) is 17.0 Å². The summed E-state index contributed by atoms with van der Waals surface area (Å²) in [7, 11) is 1.49. The van der Waals surface area contributed by atoms with Crippen molar-refractivity contribution >= 4 is 28.9 Å². The zero-order chi connectivity index (χ0) is 13.3. The summed E-state index contributed by atoms with van der Waals surface area (Å²) in [6.45, 7) is 0. The topological polar surface area (TPSA) is 48.1 Å². The zero-order valence-corrected chi connectivity index (χ0v) is 10.9. The van der Waals surface area contributed by atoms with E-state index in [2.05, 4.69) is 4.98 Å². The SMILES string of the molecule is COc1ccc(F)c(-c2cc(Cl)c(N)c(Cl)n2)c1. The fraction of sp³-hybridized carbons (Fsp3) is 0.0833. The Morgan fingerprint density at radius 3 is 2.61 bits per heavy atom. The average molecular weight is 287 g/mol. The van der Waals surface area contributed by atoms with Crippen LogP contribution in [0.25, 0.3) is 11.3 Å². The van der Waals surface area contributed by atoms with Crippen molar-refractivity contribution in [1.29, 1.82) is 0 Å². The Morgan fingerprint density at radius 2 is 2.00 bits per heavy atom. The number of anilines is 1. The van der Waals surface area contributed by atoms with Crippen molar-refractivity contribution in [3.63, 3.8) is 0 Å². The maximum Gasteiger partial charge on any atom is 0.154 e. The molecule has 2 rings (SSSR count). The highest BCUT2D eigenvalue weighted by molar-refractivity contribution is 6.38. The summed E-state index contributed by atoms with van der Waals surface area (Å²) in [4.78, 5) is 4.00. The van der Waals surface area contributed by atoms with Crippen molar-refractivity contribution in [3.05, 3.63) is 40.3 Å². The summed E-state index contributed by atoms with van der Waals surface area (Å²) in [5, 5.41) is 0.270. The van der Waals surface area contributed by atoms with E-state index in [-0.39, 0.29) is 21.4 Å². The van der Waals surface area contributed by atoms with E-state index in [1.807, 2.05) is 0 Å². The summed E-state index contributed by atoms with van der Waals surface area (Å²) in [6.07, 6.45) is 0. The van der Waals surface area contributed by atoms with Crippen LogP contribution in [0, 0.1) is 5.82 Å². The summed E-state index contributed by atoms with van der Waals surface area (Å²) in [5.41, 5.74) is 6.30. The highest BCUT2D eigenvalue weighted by atomic mass is 35.5. The third-order valence-corrected chi connectivity index (χ3v) is 3.01. The Bertz CT molecular complexity index is 582. The molecule has 0 saturated carbocycles. The molecule has 6 heteroatoms. The standard InChI is InChI=1S/C12H9Cl2FN2O/c1-18-6-2-3-9(15)7(4-6)10-5-8(13)11(16)12(14)17-10/h2-5H,16H2,1H3. The molecule has 1 aromatic carbocycles. The molecule has 0 aliphatic rings. The first-order chi connectivity index (χ1) is 8.52. The second kappa shape index (κ2) is 5.00. The Labute approximate surface area is 113 Å². The molecule has 0 amide bonds. The van der Waals surface area contributed by atoms with Gasteiger partial charge in [0.1, 0.15) is 11.6 Å². The van der Waals surface area contributed by atoms with Gasteiger partial charge < -0.3 is 10.5 Å². The maximum atomic E-state index is 13.7. The number of nitrogens with zero attached hydrogens (tertiary/aromatic N) is 1. The van der Waals surface area contributed by atoms with Crippen LogP contribution in [0.4, 0.5) is 10.1 Å². The normalized spacial score (nSPS) is 10.4. The van der Waals surface area contributed by atoms with E-state index >= 15 is 0 Å². The first-order valence-electron chi connectivity index (χ1n) is 4.98.